The van der Waals surface area contributed by atoms with Crippen LogP contribution in [-0.2, 0) is 19.0 Å². The van der Waals surface area contributed by atoms with Crippen molar-refractivity contribution in [3.8, 4) is 0 Å². The number of benzene rings is 1. The van der Waals surface area contributed by atoms with Crippen LogP contribution >= 0.6 is 47.2 Å². The molecule has 2 N–H and O–H groups in total. The van der Waals surface area contributed by atoms with E-state index in [9.17, 15) is 0 Å². The molecule has 1 heterocycles. The van der Waals surface area contributed by atoms with E-state index in [-0.39, 0.29) is 29.4 Å². The summed E-state index contributed by atoms with van der Waals surface area (Å²) in [6, 6.07) is 5.59. The van der Waals surface area contributed by atoms with Crippen LogP contribution in [0, 0.1) is 13.8 Å². The average molecular weight is 524 g/mol. The maximum Gasteiger partial charge on any atom is 0.191 e. The largest absolute Gasteiger partial charge is 0.356 e. The van der Waals surface area contributed by atoms with Gasteiger partial charge in [0.1, 0.15) is 0 Å². The summed E-state index contributed by atoms with van der Waals surface area (Å²) in [5, 5.41) is 12.5. The molecule has 0 radical (unpaired) electrons. The molecule has 0 unspecified atom stereocenters. The fourth-order valence-corrected chi connectivity index (χ4v) is 3.91. The maximum absolute atomic E-state index is 6.37. The van der Waals surface area contributed by atoms with Crippen molar-refractivity contribution < 1.29 is 0 Å². The molecule has 1 aromatic carbocycles. The third-order valence-electron chi connectivity index (χ3n) is 4.65. The van der Waals surface area contributed by atoms with Crippen molar-refractivity contribution in [3.05, 3.63) is 50.8 Å². The second kappa shape index (κ2) is 9.98. The first-order valence-corrected chi connectivity index (χ1v) is 9.31. The molecule has 150 valence electrons. The lowest BCUT2D eigenvalue weighted by Gasteiger charge is -2.28. The van der Waals surface area contributed by atoms with E-state index in [0.717, 1.165) is 22.9 Å². The molecule has 0 saturated heterocycles. The molecule has 0 atom stereocenters. The first-order valence-electron chi connectivity index (χ1n) is 8.55. The monoisotopic (exact) mass is 523 g/mol. The molecule has 2 aromatic rings. The molecule has 0 spiro atoms. The number of hydrogen-bond donors (Lipinski definition) is 2. The van der Waals surface area contributed by atoms with Gasteiger partial charge in [0, 0.05) is 53.9 Å². The summed E-state index contributed by atoms with van der Waals surface area (Å²) >= 11 is 12.7. The van der Waals surface area contributed by atoms with Gasteiger partial charge in [0.15, 0.2) is 5.96 Å². The predicted octanol–water partition coefficient (Wildman–Crippen LogP) is 4.60. The Labute approximate surface area is 188 Å². The molecule has 0 aliphatic heterocycles. The molecule has 0 saturated carbocycles. The molecular weight excluding hydrogens is 496 g/mol. The van der Waals surface area contributed by atoms with Gasteiger partial charge < -0.3 is 10.6 Å². The molecule has 0 aliphatic rings. The number of aliphatic imine (C=N–C) groups is 1. The molecule has 5 nitrogen and oxygen atoms in total. The highest BCUT2D eigenvalue weighted by Crippen LogP contribution is 2.35. The Morgan fingerprint density at radius 1 is 1.19 bits per heavy atom. The van der Waals surface area contributed by atoms with Gasteiger partial charge in [0.2, 0.25) is 0 Å². The summed E-state index contributed by atoms with van der Waals surface area (Å²) in [6.07, 6.45) is 0. The van der Waals surface area contributed by atoms with E-state index in [0.29, 0.717) is 23.1 Å². The summed E-state index contributed by atoms with van der Waals surface area (Å²) in [5.41, 5.74) is 4.03. The Kier molecular flexibility index (Phi) is 8.89. The Morgan fingerprint density at radius 3 is 2.26 bits per heavy atom. The smallest absolute Gasteiger partial charge is 0.191 e. The second-order valence-corrected chi connectivity index (χ2v) is 7.85. The lowest BCUT2D eigenvalue weighted by Crippen LogP contribution is -2.43. The minimum Gasteiger partial charge on any atom is -0.356 e. The number of hydrogen-bond acceptors (Lipinski definition) is 2. The molecule has 27 heavy (non-hydrogen) atoms. The molecule has 0 bridgehead atoms. The maximum atomic E-state index is 6.37. The number of nitrogens with one attached hydrogen (secondary N) is 2. The number of aromatic nitrogens is 2. The van der Waals surface area contributed by atoms with Crippen molar-refractivity contribution in [2.24, 2.45) is 12.0 Å². The third kappa shape index (κ3) is 5.74. The molecule has 0 amide bonds. The van der Waals surface area contributed by atoms with Gasteiger partial charge in [-0.25, -0.2) is 0 Å². The summed E-state index contributed by atoms with van der Waals surface area (Å²) in [7, 11) is 3.71. The molecule has 8 heteroatoms. The molecule has 2 rings (SSSR count). The van der Waals surface area contributed by atoms with Crippen molar-refractivity contribution in [3.63, 3.8) is 0 Å². The number of halogens is 3. The molecule has 0 fully saturated rings. The van der Waals surface area contributed by atoms with E-state index < -0.39 is 0 Å². The van der Waals surface area contributed by atoms with E-state index in [1.54, 1.807) is 7.05 Å². The highest BCUT2D eigenvalue weighted by molar-refractivity contribution is 14.0. The van der Waals surface area contributed by atoms with E-state index >= 15 is 0 Å². The highest BCUT2D eigenvalue weighted by atomic mass is 127. The second-order valence-electron chi connectivity index (χ2n) is 7.03. The van der Waals surface area contributed by atoms with Gasteiger partial charge in [-0.1, -0.05) is 43.1 Å². The number of rotatable bonds is 5. The highest BCUT2D eigenvalue weighted by Gasteiger charge is 2.26. The minimum atomic E-state index is -0.257. The fraction of sp³-hybridized carbons (Fsp3) is 0.474. The SMILES string of the molecule is CN=C(NCc1c(C)nn(C)c1C)NCC(C)(C)c1c(Cl)cccc1Cl.I. The first-order chi connectivity index (χ1) is 12.2. The van der Waals surface area contributed by atoms with Crippen molar-refractivity contribution in [1.29, 1.82) is 0 Å². The van der Waals surface area contributed by atoms with E-state index in [1.165, 1.54) is 5.56 Å². The van der Waals surface area contributed by atoms with Crippen LogP contribution in [0.4, 0.5) is 0 Å². The number of nitrogens with zero attached hydrogens (tertiary/aromatic N) is 3. The minimum absolute atomic E-state index is 0. The zero-order chi connectivity index (χ0) is 19.5. The van der Waals surface area contributed by atoms with Crippen molar-refractivity contribution in [2.75, 3.05) is 13.6 Å². The summed E-state index contributed by atoms with van der Waals surface area (Å²) < 4.78 is 1.89. The third-order valence-corrected chi connectivity index (χ3v) is 5.28. The van der Waals surface area contributed by atoms with Crippen LogP contribution in [0.2, 0.25) is 10.0 Å². The summed E-state index contributed by atoms with van der Waals surface area (Å²) in [6.45, 7) is 9.60. The van der Waals surface area contributed by atoms with Crippen LogP contribution in [0.3, 0.4) is 0 Å². The van der Waals surface area contributed by atoms with Gasteiger partial charge in [0.25, 0.3) is 0 Å². The van der Waals surface area contributed by atoms with Gasteiger partial charge in [0.05, 0.1) is 5.69 Å². The Hall–Kier alpha value is -0.990. The zero-order valence-corrected chi connectivity index (χ0v) is 20.5. The standard InChI is InChI=1S/C19H27Cl2N5.HI/c1-12-14(13(2)26(6)25-12)10-23-18(22-5)24-11-19(3,4)17-15(20)8-7-9-16(17)21;/h7-9H,10-11H2,1-6H3,(H2,22,23,24);1H. The first kappa shape index (κ1) is 24.0. The van der Waals surface area contributed by atoms with Gasteiger partial charge in [-0.3, -0.25) is 9.67 Å². The summed E-state index contributed by atoms with van der Waals surface area (Å²) in [5.74, 6) is 0.726. The fourth-order valence-electron chi connectivity index (χ4n) is 3.00. The lowest BCUT2D eigenvalue weighted by molar-refractivity contribution is 0.509. The summed E-state index contributed by atoms with van der Waals surface area (Å²) in [4.78, 5) is 4.31. The predicted molar refractivity (Wildman–Crippen MR) is 126 cm³/mol. The van der Waals surface area contributed by atoms with Crippen LogP contribution in [-0.4, -0.2) is 29.3 Å². The van der Waals surface area contributed by atoms with Crippen LogP contribution in [0.5, 0.6) is 0 Å². The number of guanidine groups is 1. The van der Waals surface area contributed by atoms with Crippen molar-refractivity contribution >= 4 is 53.1 Å². The topological polar surface area (TPSA) is 54.2 Å². The van der Waals surface area contributed by atoms with Crippen LogP contribution in [0.15, 0.2) is 23.2 Å². The van der Waals surface area contributed by atoms with E-state index in [1.807, 2.05) is 36.9 Å². The molecular formula is C19H28Cl2IN5. The van der Waals surface area contributed by atoms with Gasteiger partial charge >= 0.3 is 0 Å². The quantitative estimate of drug-likeness (QED) is 0.342. The van der Waals surface area contributed by atoms with Gasteiger partial charge in [-0.2, -0.15) is 5.10 Å². The van der Waals surface area contributed by atoms with Crippen molar-refractivity contribution in [2.45, 2.75) is 39.7 Å². The number of aryl methyl sites for hydroxylation is 2. The Balaban J connectivity index is 0.00000364. The van der Waals surface area contributed by atoms with Gasteiger partial charge in [-0.05, 0) is 31.5 Å². The van der Waals surface area contributed by atoms with E-state index in [2.05, 4.69) is 41.5 Å². The van der Waals surface area contributed by atoms with Crippen molar-refractivity contribution in [1.82, 2.24) is 20.4 Å². The Morgan fingerprint density at radius 2 is 1.78 bits per heavy atom. The zero-order valence-electron chi connectivity index (χ0n) is 16.7. The molecule has 1 aromatic heterocycles. The van der Waals surface area contributed by atoms with Gasteiger partial charge in [-0.15, -0.1) is 24.0 Å². The molecule has 0 aliphatic carbocycles. The van der Waals surface area contributed by atoms with E-state index in [4.69, 9.17) is 23.2 Å². The average Bonchev–Trinajstić information content (AvgIpc) is 2.80. The van der Waals surface area contributed by atoms with Crippen LogP contribution in [0.1, 0.15) is 36.4 Å². The lowest BCUT2D eigenvalue weighted by atomic mass is 9.84. The Bertz CT molecular complexity index is 794. The van der Waals surface area contributed by atoms with Crippen LogP contribution < -0.4 is 10.6 Å². The normalized spacial score (nSPS) is 11.9. The van der Waals surface area contributed by atoms with Crippen LogP contribution in [0.25, 0.3) is 0 Å².